The smallest absolute Gasteiger partial charge is 0.132 e. The SMILES string of the molecule is Cc1c(Br)nnc(Br)c1C. The summed E-state index contributed by atoms with van der Waals surface area (Å²) in [7, 11) is 0. The Balaban J connectivity index is 3.34. The third kappa shape index (κ3) is 1.37. The summed E-state index contributed by atoms with van der Waals surface area (Å²) in [4.78, 5) is 0. The van der Waals surface area contributed by atoms with Crippen molar-refractivity contribution in [2.24, 2.45) is 0 Å². The normalized spacial score (nSPS) is 10.0. The van der Waals surface area contributed by atoms with Crippen LogP contribution in [0.15, 0.2) is 9.21 Å². The quantitative estimate of drug-likeness (QED) is 0.721. The van der Waals surface area contributed by atoms with Crippen molar-refractivity contribution in [2.75, 3.05) is 0 Å². The predicted molar refractivity (Wildman–Crippen MR) is 46.9 cm³/mol. The molecule has 2 nitrogen and oxygen atoms in total. The van der Waals surface area contributed by atoms with Crippen molar-refractivity contribution in [1.29, 1.82) is 0 Å². The lowest BCUT2D eigenvalue weighted by Crippen LogP contribution is -1.92. The average molecular weight is 266 g/mol. The molecular formula is C6H6Br2N2. The maximum Gasteiger partial charge on any atom is 0.132 e. The highest BCUT2D eigenvalue weighted by atomic mass is 79.9. The van der Waals surface area contributed by atoms with E-state index >= 15 is 0 Å². The van der Waals surface area contributed by atoms with E-state index in [1.165, 1.54) is 0 Å². The fraction of sp³-hybridized carbons (Fsp3) is 0.333. The van der Waals surface area contributed by atoms with Crippen molar-refractivity contribution in [1.82, 2.24) is 10.2 Å². The molecule has 1 aromatic heterocycles. The summed E-state index contributed by atoms with van der Waals surface area (Å²) in [6, 6.07) is 0. The van der Waals surface area contributed by atoms with Crippen LogP contribution in [-0.4, -0.2) is 10.2 Å². The molecule has 0 aliphatic carbocycles. The molecule has 0 saturated heterocycles. The molecule has 1 rings (SSSR count). The fourth-order valence-corrected chi connectivity index (χ4v) is 1.30. The molecule has 4 heteroatoms. The first kappa shape index (κ1) is 8.14. The maximum absolute atomic E-state index is 3.86. The zero-order valence-corrected chi connectivity index (χ0v) is 8.82. The van der Waals surface area contributed by atoms with E-state index in [0.717, 1.165) is 20.3 Å². The lowest BCUT2D eigenvalue weighted by Gasteiger charge is -2.00. The van der Waals surface area contributed by atoms with Crippen LogP contribution in [0.5, 0.6) is 0 Å². The number of aromatic nitrogens is 2. The highest BCUT2D eigenvalue weighted by molar-refractivity contribution is 9.10. The molecule has 0 bridgehead atoms. The highest BCUT2D eigenvalue weighted by Gasteiger charge is 2.03. The third-order valence-corrected chi connectivity index (χ3v) is 2.91. The van der Waals surface area contributed by atoms with Crippen molar-refractivity contribution in [2.45, 2.75) is 13.8 Å². The van der Waals surface area contributed by atoms with Gasteiger partial charge < -0.3 is 0 Å². The molecule has 0 N–H and O–H groups in total. The Bertz CT molecular complexity index is 233. The molecule has 0 aliphatic heterocycles. The van der Waals surface area contributed by atoms with Gasteiger partial charge in [0.1, 0.15) is 9.21 Å². The number of rotatable bonds is 0. The zero-order chi connectivity index (χ0) is 7.72. The Morgan fingerprint density at radius 2 is 1.20 bits per heavy atom. The Kier molecular flexibility index (Phi) is 2.41. The monoisotopic (exact) mass is 264 g/mol. The van der Waals surface area contributed by atoms with Crippen LogP contribution >= 0.6 is 31.9 Å². The second-order valence-electron chi connectivity index (χ2n) is 2.03. The Morgan fingerprint density at radius 3 is 1.50 bits per heavy atom. The van der Waals surface area contributed by atoms with Gasteiger partial charge in [0.25, 0.3) is 0 Å². The first-order valence-corrected chi connectivity index (χ1v) is 4.36. The summed E-state index contributed by atoms with van der Waals surface area (Å²) < 4.78 is 1.63. The summed E-state index contributed by atoms with van der Waals surface area (Å²) in [6.45, 7) is 4.00. The number of halogens is 2. The Hall–Kier alpha value is 0.0400. The summed E-state index contributed by atoms with van der Waals surface area (Å²) >= 11 is 6.57. The molecule has 0 radical (unpaired) electrons. The van der Waals surface area contributed by atoms with E-state index in [1.54, 1.807) is 0 Å². The van der Waals surface area contributed by atoms with Gasteiger partial charge in [0, 0.05) is 0 Å². The maximum atomic E-state index is 3.86. The first-order valence-electron chi connectivity index (χ1n) is 2.78. The van der Waals surface area contributed by atoms with Gasteiger partial charge in [0.05, 0.1) is 0 Å². The van der Waals surface area contributed by atoms with Gasteiger partial charge >= 0.3 is 0 Å². The average Bonchev–Trinajstić information content (AvgIpc) is 1.93. The molecule has 0 atom stereocenters. The molecule has 0 spiro atoms. The molecule has 0 saturated carbocycles. The van der Waals surface area contributed by atoms with Crippen molar-refractivity contribution >= 4 is 31.9 Å². The van der Waals surface area contributed by atoms with E-state index in [2.05, 4.69) is 42.1 Å². The molecule has 1 aromatic rings. The van der Waals surface area contributed by atoms with Gasteiger partial charge in [-0.1, -0.05) is 0 Å². The van der Waals surface area contributed by atoms with Gasteiger partial charge in [-0.3, -0.25) is 0 Å². The molecule has 0 amide bonds. The lowest BCUT2D eigenvalue weighted by atomic mass is 10.2. The standard InChI is InChI=1S/C6H6Br2N2/c1-3-4(2)6(8)10-9-5(3)7/h1-2H3. The van der Waals surface area contributed by atoms with Gasteiger partial charge in [-0.05, 0) is 56.8 Å². The van der Waals surface area contributed by atoms with E-state index in [4.69, 9.17) is 0 Å². The second-order valence-corrected chi connectivity index (χ2v) is 3.53. The number of hydrogen-bond donors (Lipinski definition) is 0. The van der Waals surface area contributed by atoms with E-state index < -0.39 is 0 Å². The predicted octanol–water partition coefficient (Wildman–Crippen LogP) is 2.62. The van der Waals surface area contributed by atoms with Crippen LogP contribution in [0.3, 0.4) is 0 Å². The van der Waals surface area contributed by atoms with Crippen molar-refractivity contribution in [3.63, 3.8) is 0 Å². The van der Waals surface area contributed by atoms with E-state index in [9.17, 15) is 0 Å². The summed E-state index contributed by atoms with van der Waals surface area (Å²) in [5.41, 5.74) is 2.25. The fourth-order valence-electron chi connectivity index (χ4n) is 0.547. The van der Waals surface area contributed by atoms with Gasteiger partial charge in [-0.15, -0.1) is 10.2 Å². The van der Waals surface area contributed by atoms with Crippen LogP contribution < -0.4 is 0 Å². The summed E-state index contributed by atoms with van der Waals surface area (Å²) in [6.07, 6.45) is 0. The number of nitrogens with zero attached hydrogens (tertiary/aromatic N) is 2. The molecule has 0 unspecified atom stereocenters. The van der Waals surface area contributed by atoms with Crippen LogP contribution in [0.2, 0.25) is 0 Å². The van der Waals surface area contributed by atoms with Crippen LogP contribution in [0.1, 0.15) is 11.1 Å². The number of hydrogen-bond acceptors (Lipinski definition) is 2. The van der Waals surface area contributed by atoms with Crippen molar-refractivity contribution in [3.8, 4) is 0 Å². The zero-order valence-electron chi connectivity index (χ0n) is 5.65. The van der Waals surface area contributed by atoms with E-state index in [1.807, 2.05) is 13.8 Å². The second kappa shape index (κ2) is 2.96. The van der Waals surface area contributed by atoms with Gasteiger partial charge in [-0.25, -0.2) is 0 Å². The summed E-state index contributed by atoms with van der Waals surface area (Å²) in [5.74, 6) is 0. The van der Waals surface area contributed by atoms with Crippen molar-refractivity contribution < 1.29 is 0 Å². The molecule has 1 heterocycles. The minimum atomic E-state index is 0.813. The van der Waals surface area contributed by atoms with Gasteiger partial charge in [0.2, 0.25) is 0 Å². The minimum absolute atomic E-state index is 0.813. The lowest BCUT2D eigenvalue weighted by molar-refractivity contribution is 0.943. The van der Waals surface area contributed by atoms with Crippen LogP contribution in [0.25, 0.3) is 0 Å². The van der Waals surface area contributed by atoms with Crippen LogP contribution in [0.4, 0.5) is 0 Å². The third-order valence-electron chi connectivity index (χ3n) is 1.41. The van der Waals surface area contributed by atoms with Gasteiger partial charge in [-0.2, -0.15) is 0 Å². The van der Waals surface area contributed by atoms with Crippen molar-refractivity contribution in [3.05, 3.63) is 20.3 Å². The summed E-state index contributed by atoms with van der Waals surface area (Å²) in [5, 5.41) is 7.72. The highest BCUT2D eigenvalue weighted by Crippen LogP contribution is 2.20. The molecule has 0 aromatic carbocycles. The van der Waals surface area contributed by atoms with E-state index in [-0.39, 0.29) is 0 Å². The molecule has 0 fully saturated rings. The molecule has 10 heavy (non-hydrogen) atoms. The minimum Gasteiger partial charge on any atom is -0.142 e. The molecular weight excluding hydrogens is 260 g/mol. The molecule has 0 aliphatic rings. The topological polar surface area (TPSA) is 25.8 Å². The largest absolute Gasteiger partial charge is 0.142 e. The first-order chi connectivity index (χ1) is 4.63. The Labute approximate surface area is 76.3 Å². The van der Waals surface area contributed by atoms with Gasteiger partial charge in [0.15, 0.2) is 0 Å². The molecule has 54 valence electrons. The Morgan fingerprint density at radius 1 is 0.900 bits per heavy atom. The van der Waals surface area contributed by atoms with Crippen LogP contribution in [0, 0.1) is 13.8 Å². The van der Waals surface area contributed by atoms with Crippen LogP contribution in [-0.2, 0) is 0 Å². The van der Waals surface area contributed by atoms with E-state index in [0.29, 0.717) is 0 Å².